The largest absolute Gasteiger partial charge is 0.479 e. The zero-order valence-electron chi connectivity index (χ0n) is 12.6. The lowest BCUT2D eigenvalue weighted by molar-refractivity contribution is -0.151. The minimum Gasteiger partial charge on any atom is -0.479 e. The number of fused-ring (bicyclic) bond motifs is 1. The van der Waals surface area contributed by atoms with Gasteiger partial charge >= 0.3 is 5.97 Å². The molecule has 1 aromatic heterocycles. The Balaban J connectivity index is 1.93. The van der Waals surface area contributed by atoms with Gasteiger partial charge in [-0.25, -0.2) is 4.79 Å². The molecule has 0 unspecified atom stereocenters. The number of nitrogens with one attached hydrogen (secondary N) is 1. The van der Waals surface area contributed by atoms with Gasteiger partial charge in [0, 0.05) is 24.3 Å². The lowest BCUT2D eigenvalue weighted by Gasteiger charge is -2.41. The van der Waals surface area contributed by atoms with Gasteiger partial charge in [-0.05, 0) is 36.4 Å². The van der Waals surface area contributed by atoms with Crippen LogP contribution in [0.4, 0.5) is 0 Å². The molecule has 0 spiro atoms. The number of nitrogens with zero attached hydrogens (tertiary/aromatic N) is 1. The van der Waals surface area contributed by atoms with Crippen LogP contribution < -0.4 is 0 Å². The molecule has 1 aromatic carbocycles. The minimum absolute atomic E-state index is 0.235. The SMILES string of the molecule is CN(C(=O)c1ccc2cc[nH]c2c1)C1(C(=O)O)CCCCC1. The lowest BCUT2D eigenvalue weighted by Crippen LogP contribution is -2.56. The zero-order valence-corrected chi connectivity index (χ0v) is 12.6. The van der Waals surface area contributed by atoms with E-state index < -0.39 is 11.5 Å². The van der Waals surface area contributed by atoms with E-state index in [9.17, 15) is 14.7 Å². The Morgan fingerprint density at radius 3 is 2.59 bits per heavy atom. The summed E-state index contributed by atoms with van der Waals surface area (Å²) < 4.78 is 0. The topological polar surface area (TPSA) is 73.4 Å². The van der Waals surface area contributed by atoms with Crippen molar-refractivity contribution in [2.75, 3.05) is 7.05 Å². The third-order valence-electron chi connectivity index (χ3n) is 4.83. The number of benzene rings is 1. The number of likely N-dealkylation sites (N-methyl/N-ethyl adjacent to an activating group) is 1. The predicted molar refractivity (Wildman–Crippen MR) is 83.8 cm³/mol. The van der Waals surface area contributed by atoms with E-state index in [4.69, 9.17) is 0 Å². The number of amides is 1. The molecule has 5 heteroatoms. The summed E-state index contributed by atoms with van der Waals surface area (Å²) in [6, 6.07) is 7.36. The summed E-state index contributed by atoms with van der Waals surface area (Å²) >= 11 is 0. The van der Waals surface area contributed by atoms with Crippen LogP contribution in [0.2, 0.25) is 0 Å². The van der Waals surface area contributed by atoms with E-state index in [1.807, 2.05) is 18.3 Å². The first-order valence-corrected chi connectivity index (χ1v) is 7.63. The number of rotatable bonds is 3. The maximum absolute atomic E-state index is 12.8. The summed E-state index contributed by atoms with van der Waals surface area (Å²) in [7, 11) is 1.61. The monoisotopic (exact) mass is 300 g/mol. The molecule has 1 fully saturated rings. The van der Waals surface area contributed by atoms with Crippen LogP contribution in [0.5, 0.6) is 0 Å². The molecule has 22 heavy (non-hydrogen) atoms. The van der Waals surface area contributed by atoms with Crippen LogP contribution in [-0.4, -0.2) is 39.5 Å². The first-order valence-electron chi connectivity index (χ1n) is 7.63. The highest BCUT2D eigenvalue weighted by Gasteiger charge is 2.45. The van der Waals surface area contributed by atoms with Crippen molar-refractivity contribution in [1.82, 2.24) is 9.88 Å². The number of H-pyrrole nitrogens is 1. The maximum atomic E-state index is 12.8. The van der Waals surface area contributed by atoms with Gasteiger partial charge in [0.05, 0.1) is 0 Å². The quantitative estimate of drug-likeness (QED) is 0.915. The standard InChI is InChI=1S/C17H20N2O3/c1-19(17(16(21)22)8-3-2-4-9-17)15(20)13-6-5-12-7-10-18-14(12)11-13/h5-7,10-11,18H,2-4,8-9H2,1H3,(H,21,22). The maximum Gasteiger partial charge on any atom is 0.329 e. The minimum atomic E-state index is -1.07. The smallest absolute Gasteiger partial charge is 0.329 e. The van der Waals surface area contributed by atoms with E-state index in [1.165, 1.54) is 4.90 Å². The molecule has 1 saturated carbocycles. The van der Waals surface area contributed by atoms with E-state index in [1.54, 1.807) is 19.2 Å². The molecular weight excluding hydrogens is 280 g/mol. The van der Waals surface area contributed by atoms with E-state index >= 15 is 0 Å². The molecule has 0 bridgehead atoms. The normalized spacial score (nSPS) is 17.3. The molecule has 5 nitrogen and oxygen atoms in total. The Morgan fingerprint density at radius 2 is 1.91 bits per heavy atom. The first kappa shape index (κ1) is 14.6. The zero-order chi connectivity index (χ0) is 15.7. The lowest BCUT2D eigenvalue weighted by atomic mass is 9.80. The molecule has 0 atom stereocenters. The fourth-order valence-electron chi connectivity index (χ4n) is 3.40. The Hall–Kier alpha value is -2.30. The van der Waals surface area contributed by atoms with Crippen LogP contribution in [0.3, 0.4) is 0 Å². The Bertz CT molecular complexity index is 714. The molecule has 2 N–H and O–H groups in total. The molecular formula is C17H20N2O3. The average Bonchev–Trinajstić information content (AvgIpc) is 3.01. The van der Waals surface area contributed by atoms with Gasteiger partial charge in [0.15, 0.2) is 0 Å². The van der Waals surface area contributed by atoms with Gasteiger partial charge in [0.1, 0.15) is 5.54 Å². The molecule has 116 valence electrons. The van der Waals surface area contributed by atoms with Gasteiger partial charge in [-0.15, -0.1) is 0 Å². The van der Waals surface area contributed by atoms with Gasteiger partial charge < -0.3 is 15.0 Å². The summed E-state index contributed by atoms with van der Waals surface area (Å²) in [6.07, 6.45) is 5.60. The molecule has 0 saturated heterocycles. The third kappa shape index (κ3) is 2.26. The number of carboxylic acid groups (broad SMARTS) is 1. The van der Waals surface area contributed by atoms with E-state index in [-0.39, 0.29) is 5.91 Å². The molecule has 0 radical (unpaired) electrons. The fourth-order valence-corrected chi connectivity index (χ4v) is 3.40. The van der Waals surface area contributed by atoms with Gasteiger partial charge in [-0.3, -0.25) is 4.79 Å². The predicted octanol–water partition coefficient (Wildman–Crippen LogP) is 3.03. The molecule has 1 aliphatic carbocycles. The van der Waals surface area contributed by atoms with Crippen molar-refractivity contribution >= 4 is 22.8 Å². The van der Waals surface area contributed by atoms with Gasteiger partial charge in [0.25, 0.3) is 5.91 Å². The van der Waals surface area contributed by atoms with E-state index in [2.05, 4.69) is 4.98 Å². The van der Waals surface area contributed by atoms with E-state index in [0.29, 0.717) is 18.4 Å². The second kappa shape index (κ2) is 5.48. The summed E-state index contributed by atoms with van der Waals surface area (Å²) in [5.74, 6) is -1.13. The fraction of sp³-hybridized carbons (Fsp3) is 0.412. The van der Waals surface area contributed by atoms with Crippen molar-refractivity contribution in [2.45, 2.75) is 37.6 Å². The molecule has 0 aliphatic heterocycles. The Labute approximate surface area is 128 Å². The van der Waals surface area contributed by atoms with Crippen molar-refractivity contribution in [2.24, 2.45) is 0 Å². The Morgan fingerprint density at radius 1 is 1.18 bits per heavy atom. The summed E-state index contributed by atoms with van der Waals surface area (Å²) in [5.41, 5.74) is 0.330. The molecule has 3 rings (SSSR count). The van der Waals surface area contributed by atoms with Crippen LogP contribution in [0.25, 0.3) is 10.9 Å². The van der Waals surface area contributed by atoms with Crippen LogP contribution in [0.1, 0.15) is 42.5 Å². The van der Waals surface area contributed by atoms with Crippen molar-refractivity contribution in [3.8, 4) is 0 Å². The number of aliphatic carboxylic acids is 1. The van der Waals surface area contributed by atoms with Gasteiger partial charge in [-0.2, -0.15) is 0 Å². The molecule has 1 heterocycles. The van der Waals surface area contributed by atoms with Crippen LogP contribution in [0, 0.1) is 0 Å². The van der Waals surface area contributed by atoms with E-state index in [0.717, 1.165) is 30.2 Å². The number of hydrogen-bond acceptors (Lipinski definition) is 2. The number of hydrogen-bond donors (Lipinski definition) is 2. The number of aromatic nitrogens is 1. The van der Waals surface area contributed by atoms with Crippen LogP contribution in [-0.2, 0) is 4.79 Å². The second-order valence-electron chi connectivity index (χ2n) is 6.04. The van der Waals surface area contributed by atoms with Crippen molar-refractivity contribution in [3.05, 3.63) is 36.0 Å². The number of carboxylic acids is 1. The number of aromatic amines is 1. The summed E-state index contributed by atoms with van der Waals surface area (Å²) in [6.45, 7) is 0. The van der Waals surface area contributed by atoms with Crippen LogP contribution in [0.15, 0.2) is 30.5 Å². The highest BCUT2D eigenvalue weighted by Crippen LogP contribution is 2.34. The summed E-state index contributed by atoms with van der Waals surface area (Å²) in [4.78, 5) is 29.1. The number of carbonyl (C=O) groups is 2. The van der Waals surface area contributed by atoms with Crippen molar-refractivity contribution in [1.29, 1.82) is 0 Å². The van der Waals surface area contributed by atoms with Gasteiger partial charge in [-0.1, -0.05) is 25.3 Å². The molecule has 1 amide bonds. The number of carbonyl (C=O) groups excluding carboxylic acids is 1. The Kier molecular flexibility index (Phi) is 3.64. The highest BCUT2D eigenvalue weighted by atomic mass is 16.4. The molecule has 2 aromatic rings. The van der Waals surface area contributed by atoms with Crippen molar-refractivity contribution in [3.63, 3.8) is 0 Å². The summed E-state index contributed by atoms with van der Waals surface area (Å²) in [5, 5.41) is 10.7. The highest BCUT2D eigenvalue weighted by molar-refractivity contribution is 6.00. The van der Waals surface area contributed by atoms with Gasteiger partial charge in [0.2, 0.25) is 0 Å². The average molecular weight is 300 g/mol. The van der Waals surface area contributed by atoms with Crippen LogP contribution >= 0.6 is 0 Å². The second-order valence-corrected chi connectivity index (χ2v) is 6.04. The first-order chi connectivity index (χ1) is 10.5. The molecule has 1 aliphatic rings. The third-order valence-corrected chi connectivity index (χ3v) is 4.83. The van der Waals surface area contributed by atoms with Crippen molar-refractivity contribution < 1.29 is 14.7 Å².